The quantitative estimate of drug-likeness (QED) is 0.618. The Morgan fingerprint density at radius 3 is 2.83 bits per heavy atom. The summed E-state index contributed by atoms with van der Waals surface area (Å²) in [7, 11) is 0. The number of aromatic nitrogens is 2. The molecule has 1 aliphatic heterocycles. The predicted molar refractivity (Wildman–Crippen MR) is 92.3 cm³/mol. The SMILES string of the molecule is O=C(NCCC[C@@H]1CCCCO1)c1ccc(-c2n[nH]c(=S)o2)cc1. The molecule has 1 atom stereocenters. The van der Waals surface area contributed by atoms with Crippen LogP contribution in [0.25, 0.3) is 11.5 Å². The number of hydrogen-bond acceptors (Lipinski definition) is 5. The highest BCUT2D eigenvalue weighted by Gasteiger charge is 2.13. The van der Waals surface area contributed by atoms with E-state index in [9.17, 15) is 4.79 Å². The molecule has 1 saturated heterocycles. The van der Waals surface area contributed by atoms with Crippen molar-refractivity contribution in [2.45, 2.75) is 38.2 Å². The van der Waals surface area contributed by atoms with E-state index in [0.29, 0.717) is 24.1 Å². The lowest BCUT2D eigenvalue weighted by molar-refractivity contribution is 0.0102. The van der Waals surface area contributed by atoms with E-state index in [0.717, 1.165) is 31.4 Å². The van der Waals surface area contributed by atoms with Gasteiger partial charge < -0.3 is 14.5 Å². The molecule has 0 radical (unpaired) electrons. The number of H-pyrrole nitrogens is 1. The van der Waals surface area contributed by atoms with Crippen LogP contribution in [0.15, 0.2) is 28.7 Å². The Morgan fingerprint density at radius 2 is 2.17 bits per heavy atom. The standard InChI is InChI=1S/C17H21N3O3S/c21-15(18-10-3-5-14-4-1-2-11-22-14)12-6-8-13(9-7-12)16-19-20-17(24)23-16/h6-9,14H,1-5,10-11H2,(H,18,21)(H,20,24)/t14-/m0/s1. The van der Waals surface area contributed by atoms with Gasteiger partial charge in [0, 0.05) is 24.3 Å². The Labute approximate surface area is 145 Å². The lowest BCUT2D eigenvalue weighted by Crippen LogP contribution is -2.26. The third-order valence-electron chi connectivity index (χ3n) is 4.09. The third kappa shape index (κ3) is 4.52. The number of carbonyl (C=O) groups excluding carboxylic acids is 1. The first-order chi connectivity index (χ1) is 11.7. The maximum atomic E-state index is 12.1. The molecule has 0 saturated carbocycles. The van der Waals surface area contributed by atoms with E-state index in [-0.39, 0.29) is 10.7 Å². The maximum Gasteiger partial charge on any atom is 0.284 e. The fourth-order valence-electron chi connectivity index (χ4n) is 2.79. The molecular weight excluding hydrogens is 326 g/mol. The Balaban J connectivity index is 1.45. The first-order valence-electron chi connectivity index (χ1n) is 8.28. The summed E-state index contributed by atoms with van der Waals surface area (Å²) in [4.78, 5) is 12.4. The Bertz CT molecular complexity index is 717. The second-order valence-corrected chi connectivity index (χ2v) is 6.25. The van der Waals surface area contributed by atoms with Gasteiger partial charge in [-0.05, 0) is 68.6 Å². The van der Waals surface area contributed by atoms with E-state index in [1.165, 1.54) is 12.8 Å². The van der Waals surface area contributed by atoms with Crippen molar-refractivity contribution in [1.29, 1.82) is 0 Å². The summed E-state index contributed by atoms with van der Waals surface area (Å²) in [5.41, 5.74) is 1.38. The van der Waals surface area contributed by atoms with Gasteiger partial charge in [0.25, 0.3) is 10.7 Å². The number of benzene rings is 1. The number of hydrogen-bond donors (Lipinski definition) is 2. The number of ether oxygens (including phenoxy) is 1. The summed E-state index contributed by atoms with van der Waals surface area (Å²) in [6.07, 6.45) is 5.86. The summed E-state index contributed by atoms with van der Waals surface area (Å²) < 4.78 is 10.9. The highest BCUT2D eigenvalue weighted by atomic mass is 32.1. The van der Waals surface area contributed by atoms with Crippen molar-refractivity contribution in [3.8, 4) is 11.5 Å². The molecule has 1 fully saturated rings. The molecule has 0 aliphatic carbocycles. The van der Waals surface area contributed by atoms with E-state index in [1.807, 2.05) is 0 Å². The summed E-state index contributed by atoms with van der Waals surface area (Å²) in [6.45, 7) is 1.53. The minimum absolute atomic E-state index is 0.0750. The third-order valence-corrected chi connectivity index (χ3v) is 4.27. The summed E-state index contributed by atoms with van der Waals surface area (Å²) >= 11 is 4.85. The summed E-state index contributed by atoms with van der Waals surface area (Å²) in [5, 5.41) is 9.48. The maximum absolute atomic E-state index is 12.1. The van der Waals surface area contributed by atoms with Crippen LogP contribution < -0.4 is 5.32 Å². The van der Waals surface area contributed by atoms with Crippen LogP contribution in [0.3, 0.4) is 0 Å². The normalized spacial score (nSPS) is 17.6. The lowest BCUT2D eigenvalue weighted by Gasteiger charge is -2.22. The van der Waals surface area contributed by atoms with Crippen LogP contribution in [0, 0.1) is 4.84 Å². The minimum atomic E-state index is -0.0750. The molecule has 2 aromatic rings. The van der Waals surface area contributed by atoms with Crippen LogP contribution >= 0.6 is 12.2 Å². The number of rotatable bonds is 6. The van der Waals surface area contributed by atoms with Gasteiger partial charge in [-0.2, -0.15) is 0 Å². The van der Waals surface area contributed by atoms with Crippen molar-refractivity contribution in [2.75, 3.05) is 13.2 Å². The molecular formula is C17H21N3O3S. The number of amides is 1. The van der Waals surface area contributed by atoms with Crippen LogP contribution in [-0.4, -0.2) is 35.4 Å². The molecule has 24 heavy (non-hydrogen) atoms. The molecule has 2 N–H and O–H groups in total. The molecule has 0 bridgehead atoms. The van der Waals surface area contributed by atoms with E-state index < -0.39 is 0 Å². The van der Waals surface area contributed by atoms with Crippen molar-refractivity contribution in [3.05, 3.63) is 34.7 Å². The van der Waals surface area contributed by atoms with E-state index in [2.05, 4.69) is 15.5 Å². The molecule has 1 aliphatic rings. The zero-order chi connectivity index (χ0) is 16.8. The monoisotopic (exact) mass is 347 g/mol. The van der Waals surface area contributed by atoms with Crippen LogP contribution in [0.1, 0.15) is 42.5 Å². The molecule has 1 aromatic carbocycles. The van der Waals surface area contributed by atoms with Crippen molar-refractivity contribution in [3.63, 3.8) is 0 Å². The van der Waals surface area contributed by atoms with Crippen LogP contribution in [0.5, 0.6) is 0 Å². The molecule has 6 nitrogen and oxygen atoms in total. The topological polar surface area (TPSA) is 80.1 Å². The molecule has 7 heteroatoms. The molecule has 1 aromatic heterocycles. The van der Waals surface area contributed by atoms with E-state index in [1.54, 1.807) is 24.3 Å². The number of nitrogens with one attached hydrogen (secondary N) is 2. The second-order valence-electron chi connectivity index (χ2n) is 5.88. The van der Waals surface area contributed by atoms with Gasteiger partial charge in [0.15, 0.2) is 0 Å². The van der Waals surface area contributed by atoms with Crippen molar-refractivity contribution in [1.82, 2.24) is 15.5 Å². The van der Waals surface area contributed by atoms with Gasteiger partial charge in [0.05, 0.1) is 6.10 Å². The van der Waals surface area contributed by atoms with Gasteiger partial charge in [-0.25, -0.2) is 5.10 Å². The number of nitrogens with zero attached hydrogens (tertiary/aromatic N) is 1. The molecule has 1 amide bonds. The Hall–Kier alpha value is -1.99. The molecule has 3 rings (SSSR count). The van der Waals surface area contributed by atoms with Crippen molar-refractivity contribution in [2.24, 2.45) is 0 Å². The van der Waals surface area contributed by atoms with E-state index >= 15 is 0 Å². The molecule has 0 unspecified atom stereocenters. The Kier molecular flexibility index (Phi) is 5.77. The minimum Gasteiger partial charge on any atom is -0.409 e. The predicted octanol–water partition coefficient (Wildman–Crippen LogP) is 3.48. The summed E-state index contributed by atoms with van der Waals surface area (Å²) in [5.74, 6) is 0.341. The number of carbonyl (C=O) groups is 1. The zero-order valence-electron chi connectivity index (χ0n) is 13.4. The Morgan fingerprint density at radius 1 is 1.33 bits per heavy atom. The first kappa shape index (κ1) is 16.9. The van der Waals surface area contributed by atoms with Gasteiger partial charge in [-0.1, -0.05) is 0 Å². The smallest absolute Gasteiger partial charge is 0.284 e. The van der Waals surface area contributed by atoms with Crippen molar-refractivity contribution < 1.29 is 13.9 Å². The van der Waals surface area contributed by atoms with Gasteiger partial charge in [-0.15, -0.1) is 5.10 Å². The highest BCUT2D eigenvalue weighted by molar-refractivity contribution is 7.71. The van der Waals surface area contributed by atoms with Crippen molar-refractivity contribution >= 4 is 18.1 Å². The van der Waals surface area contributed by atoms with Crippen LogP contribution in [0.4, 0.5) is 0 Å². The lowest BCUT2D eigenvalue weighted by atomic mass is 10.0. The van der Waals surface area contributed by atoms with E-state index in [4.69, 9.17) is 21.4 Å². The second kappa shape index (κ2) is 8.21. The van der Waals surface area contributed by atoms with Gasteiger partial charge in [0.2, 0.25) is 5.89 Å². The average Bonchev–Trinajstić information content (AvgIpc) is 3.06. The molecule has 2 heterocycles. The van der Waals surface area contributed by atoms with Gasteiger partial charge >= 0.3 is 0 Å². The van der Waals surface area contributed by atoms with Gasteiger partial charge in [-0.3, -0.25) is 4.79 Å². The first-order valence-corrected chi connectivity index (χ1v) is 8.69. The van der Waals surface area contributed by atoms with Crippen LogP contribution in [-0.2, 0) is 4.74 Å². The fraction of sp³-hybridized carbons (Fsp3) is 0.471. The highest BCUT2D eigenvalue weighted by Crippen LogP contribution is 2.18. The fourth-order valence-corrected chi connectivity index (χ4v) is 2.91. The summed E-state index contributed by atoms with van der Waals surface area (Å²) in [6, 6.07) is 7.09. The number of aromatic amines is 1. The zero-order valence-corrected chi connectivity index (χ0v) is 14.2. The molecule has 0 spiro atoms. The van der Waals surface area contributed by atoms with Crippen LogP contribution in [0.2, 0.25) is 0 Å². The molecule has 128 valence electrons. The average molecular weight is 347 g/mol. The largest absolute Gasteiger partial charge is 0.409 e. The van der Waals surface area contributed by atoms with Gasteiger partial charge in [0.1, 0.15) is 0 Å².